The molecule has 1 atom stereocenters. The molecule has 4 heteroatoms. The van der Waals surface area contributed by atoms with E-state index in [4.69, 9.17) is 4.74 Å². The van der Waals surface area contributed by atoms with Crippen LogP contribution in [0.25, 0.3) is 0 Å². The highest BCUT2D eigenvalue weighted by molar-refractivity contribution is 5.33. The summed E-state index contributed by atoms with van der Waals surface area (Å²) in [6.07, 6.45) is 3.63. The van der Waals surface area contributed by atoms with Crippen molar-refractivity contribution < 1.29 is 4.74 Å². The van der Waals surface area contributed by atoms with Gasteiger partial charge in [0.1, 0.15) is 5.75 Å². The molecular weight excluding hydrogens is 382 g/mol. The predicted octanol–water partition coefficient (Wildman–Crippen LogP) is 4.47. The molecule has 0 aromatic heterocycles. The summed E-state index contributed by atoms with van der Waals surface area (Å²) in [7, 11) is 1.73. The third kappa shape index (κ3) is 5.49. The number of nitrogens with zero attached hydrogens (tertiary/aromatic N) is 2. The van der Waals surface area contributed by atoms with Crippen molar-refractivity contribution in [3.63, 3.8) is 0 Å². The Hall–Kier alpha value is -1.88. The van der Waals surface area contributed by atoms with Gasteiger partial charge in [0.2, 0.25) is 0 Å². The molecule has 1 unspecified atom stereocenters. The first-order valence-electron chi connectivity index (χ1n) is 12.1. The van der Waals surface area contributed by atoms with Crippen molar-refractivity contribution in [3.05, 3.63) is 65.2 Å². The van der Waals surface area contributed by atoms with Gasteiger partial charge in [0, 0.05) is 38.3 Å². The highest BCUT2D eigenvalue weighted by Gasteiger charge is 2.34. The largest absolute Gasteiger partial charge is 0.497 e. The average molecular weight is 422 g/mol. The molecule has 2 aromatic rings. The molecule has 168 valence electrons. The van der Waals surface area contributed by atoms with Crippen LogP contribution in [0.5, 0.6) is 5.75 Å². The van der Waals surface area contributed by atoms with E-state index in [1.807, 2.05) is 0 Å². The van der Waals surface area contributed by atoms with E-state index >= 15 is 0 Å². The molecule has 31 heavy (non-hydrogen) atoms. The molecular formula is C27H39N3O. The summed E-state index contributed by atoms with van der Waals surface area (Å²) in [5.41, 5.74) is 4.45. The summed E-state index contributed by atoms with van der Waals surface area (Å²) < 4.78 is 5.31. The molecule has 2 saturated heterocycles. The fraction of sp³-hybridized carbons (Fsp3) is 0.556. The lowest BCUT2D eigenvalue weighted by Crippen LogP contribution is -2.54. The molecule has 4 nitrogen and oxygen atoms in total. The van der Waals surface area contributed by atoms with Crippen LogP contribution < -0.4 is 10.1 Å². The van der Waals surface area contributed by atoms with Crippen LogP contribution in [-0.4, -0.2) is 62.2 Å². The minimum atomic E-state index is 0.492. The molecule has 1 N–H and O–H groups in total. The molecule has 2 heterocycles. The summed E-state index contributed by atoms with van der Waals surface area (Å²) in [6, 6.07) is 18.9. The Balaban J connectivity index is 1.50. The van der Waals surface area contributed by atoms with Crippen LogP contribution in [0, 0.1) is 0 Å². The average Bonchev–Trinajstić information content (AvgIpc) is 2.83. The van der Waals surface area contributed by atoms with E-state index < -0.39 is 0 Å². The van der Waals surface area contributed by atoms with Crippen LogP contribution in [0.15, 0.2) is 48.5 Å². The maximum atomic E-state index is 5.31. The van der Waals surface area contributed by atoms with Crippen molar-refractivity contribution in [3.8, 4) is 5.75 Å². The van der Waals surface area contributed by atoms with E-state index in [0.29, 0.717) is 18.0 Å². The van der Waals surface area contributed by atoms with Crippen molar-refractivity contribution in [2.75, 3.05) is 46.4 Å². The fourth-order valence-electron chi connectivity index (χ4n) is 5.33. The Morgan fingerprint density at radius 3 is 2.45 bits per heavy atom. The van der Waals surface area contributed by atoms with Crippen molar-refractivity contribution in [2.24, 2.45) is 0 Å². The monoisotopic (exact) mass is 421 g/mol. The quantitative estimate of drug-likeness (QED) is 0.714. The maximum Gasteiger partial charge on any atom is 0.118 e. The second kappa shape index (κ2) is 10.6. The minimum Gasteiger partial charge on any atom is -0.497 e. The number of ether oxygens (including phenoxy) is 1. The van der Waals surface area contributed by atoms with Crippen LogP contribution in [0.4, 0.5) is 0 Å². The lowest BCUT2D eigenvalue weighted by atomic mass is 9.89. The van der Waals surface area contributed by atoms with E-state index in [-0.39, 0.29) is 0 Å². The molecule has 2 aromatic carbocycles. The standard InChI is InChI=1S/C27H39N3O/c1-21(2)25-6-4-5-7-26(25)27-20-29(17-14-22-8-10-24(31-3)11-9-22)18-19-30(27)23-12-15-28-16-13-23/h4-11,21,23,27-28H,12-20H2,1-3H3. The summed E-state index contributed by atoms with van der Waals surface area (Å²) in [6.45, 7) is 11.6. The molecule has 2 fully saturated rings. The molecule has 2 aliphatic heterocycles. The maximum absolute atomic E-state index is 5.31. The lowest BCUT2D eigenvalue weighted by molar-refractivity contribution is 0.0287. The van der Waals surface area contributed by atoms with Crippen molar-refractivity contribution >= 4 is 0 Å². The number of piperazine rings is 1. The second-order valence-corrected chi connectivity index (χ2v) is 9.42. The van der Waals surface area contributed by atoms with Crippen LogP contribution in [0.3, 0.4) is 0 Å². The summed E-state index contributed by atoms with van der Waals surface area (Å²) in [5.74, 6) is 1.49. The van der Waals surface area contributed by atoms with E-state index in [0.717, 1.165) is 38.3 Å². The van der Waals surface area contributed by atoms with Gasteiger partial charge < -0.3 is 10.1 Å². The number of piperidine rings is 1. The smallest absolute Gasteiger partial charge is 0.118 e. The number of hydrogen-bond donors (Lipinski definition) is 1. The number of rotatable bonds is 7. The van der Waals surface area contributed by atoms with Gasteiger partial charge in [0.15, 0.2) is 0 Å². The van der Waals surface area contributed by atoms with Gasteiger partial charge in [-0.25, -0.2) is 0 Å². The Kier molecular flexibility index (Phi) is 7.65. The molecule has 0 bridgehead atoms. The Morgan fingerprint density at radius 1 is 1.00 bits per heavy atom. The second-order valence-electron chi connectivity index (χ2n) is 9.42. The van der Waals surface area contributed by atoms with Gasteiger partial charge in [-0.2, -0.15) is 0 Å². The number of benzene rings is 2. The van der Waals surface area contributed by atoms with Gasteiger partial charge in [-0.3, -0.25) is 9.80 Å². The van der Waals surface area contributed by atoms with Crippen molar-refractivity contribution in [1.82, 2.24) is 15.1 Å². The van der Waals surface area contributed by atoms with E-state index in [2.05, 4.69) is 77.5 Å². The normalized spacial score (nSPS) is 21.5. The molecule has 2 aliphatic rings. The lowest BCUT2D eigenvalue weighted by Gasteiger charge is -2.47. The highest BCUT2D eigenvalue weighted by Crippen LogP contribution is 2.34. The topological polar surface area (TPSA) is 27.7 Å². The number of hydrogen-bond acceptors (Lipinski definition) is 4. The molecule has 0 saturated carbocycles. The zero-order chi connectivity index (χ0) is 21.6. The molecule has 0 spiro atoms. The minimum absolute atomic E-state index is 0.492. The highest BCUT2D eigenvalue weighted by atomic mass is 16.5. The van der Waals surface area contributed by atoms with E-state index in [1.165, 1.54) is 37.1 Å². The SMILES string of the molecule is COc1ccc(CCN2CCN(C3CCNCC3)C(c3ccccc3C(C)C)C2)cc1. The third-order valence-corrected chi connectivity index (χ3v) is 7.14. The van der Waals surface area contributed by atoms with Gasteiger partial charge in [-0.1, -0.05) is 50.2 Å². The van der Waals surface area contributed by atoms with Crippen LogP contribution >= 0.6 is 0 Å². The third-order valence-electron chi connectivity index (χ3n) is 7.14. The zero-order valence-electron chi connectivity index (χ0n) is 19.5. The molecule has 4 rings (SSSR count). The van der Waals surface area contributed by atoms with Crippen LogP contribution in [0.2, 0.25) is 0 Å². The van der Waals surface area contributed by atoms with Crippen molar-refractivity contribution in [2.45, 2.75) is 51.1 Å². The first-order chi connectivity index (χ1) is 15.2. The number of nitrogens with one attached hydrogen (secondary N) is 1. The van der Waals surface area contributed by atoms with Crippen LogP contribution in [0.1, 0.15) is 55.3 Å². The summed E-state index contributed by atoms with van der Waals surface area (Å²) >= 11 is 0. The van der Waals surface area contributed by atoms with E-state index in [1.54, 1.807) is 12.7 Å². The molecule has 0 radical (unpaired) electrons. The van der Waals surface area contributed by atoms with Gasteiger partial charge in [-0.05, 0) is 67.1 Å². The van der Waals surface area contributed by atoms with Gasteiger partial charge in [-0.15, -0.1) is 0 Å². The summed E-state index contributed by atoms with van der Waals surface area (Å²) in [4.78, 5) is 5.52. The Labute approximate surface area is 188 Å². The zero-order valence-corrected chi connectivity index (χ0v) is 19.5. The number of methoxy groups -OCH3 is 1. The van der Waals surface area contributed by atoms with Gasteiger partial charge >= 0.3 is 0 Å². The molecule has 0 aliphatic carbocycles. The summed E-state index contributed by atoms with van der Waals surface area (Å²) in [5, 5.41) is 3.55. The Morgan fingerprint density at radius 2 is 1.74 bits per heavy atom. The molecule has 0 amide bonds. The first-order valence-corrected chi connectivity index (χ1v) is 12.1. The van der Waals surface area contributed by atoms with Gasteiger partial charge in [0.05, 0.1) is 7.11 Å². The first kappa shape index (κ1) is 22.3. The Bertz CT molecular complexity index is 813. The van der Waals surface area contributed by atoms with Crippen LogP contribution in [-0.2, 0) is 6.42 Å². The predicted molar refractivity (Wildman–Crippen MR) is 129 cm³/mol. The van der Waals surface area contributed by atoms with Crippen molar-refractivity contribution in [1.29, 1.82) is 0 Å². The van der Waals surface area contributed by atoms with E-state index in [9.17, 15) is 0 Å². The van der Waals surface area contributed by atoms with Gasteiger partial charge in [0.25, 0.3) is 0 Å². The fourth-order valence-corrected chi connectivity index (χ4v) is 5.33.